The van der Waals surface area contributed by atoms with E-state index in [0.29, 0.717) is 0 Å². The van der Waals surface area contributed by atoms with Crippen LogP contribution in [0.1, 0.15) is 41.9 Å². The molecule has 0 aliphatic carbocycles. The molecule has 0 unspecified atom stereocenters. The van der Waals surface area contributed by atoms with E-state index in [0.717, 1.165) is 78.6 Å². The maximum atomic E-state index is 12.5. The van der Waals surface area contributed by atoms with Crippen LogP contribution in [-0.2, 0) is 0 Å². The van der Waals surface area contributed by atoms with Gasteiger partial charge in [0.2, 0.25) is 0 Å². The summed E-state index contributed by atoms with van der Waals surface area (Å²) in [5, 5.41) is 4.06. The molecule has 0 atom stereocenters. The van der Waals surface area contributed by atoms with Crippen molar-refractivity contribution in [2.75, 3.05) is 44.2 Å². The minimum Gasteiger partial charge on any atom is -0.353 e. The second kappa shape index (κ2) is 8.10. The van der Waals surface area contributed by atoms with Crippen LogP contribution < -0.4 is 10.2 Å². The zero-order chi connectivity index (χ0) is 17.8. The van der Waals surface area contributed by atoms with Gasteiger partial charge in [0, 0.05) is 32.7 Å². The molecule has 1 fully saturated rings. The summed E-state index contributed by atoms with van der Waals surface area (Å²) in [6.07, 6.45) is 3.70. The molecule has 0 bridgehead atoms. The van der Waals surface area contributed by atoms with Gasteiger partial charge in [-0.3, -0.25) is 4.79 Å². The van der Waals surface area contributed by atoms with Gasteiger partial charge in [-0.25, -0.2) is 9.97 Å². The third-order valence-corrected chi connectivity index (χ3v) is 6.05. The van der Waals surface area contributed by atoms with Crippen molar-refractivity contribution < 1.29 is 4.79 Å². The van der Waals surface area contributed by atoms with Gasteiger partial charge in [-0.1, -0.05) is 20.3 Å². The summed E-state index contributed by atoms with van der Waals surface area (Å²) in [6, 6.07) is 0. The fourth-order valence-electron chi connectivity index (χ4n) is 3.24. The number of hydrogen-bond donors (Lipinski definition) is 1. The highest BCUT2D eigenvalue weighted by Crippen LogP contribution is 2.35. The number of aromatic nitrogens is 2. The molecule has 0 saturated carbocycles. The van der Waals surface area contributed by atoms with E-state index in [1.54, 1.807) is 6.33 Å². The van der Waals surface area contributed by atoms with E-state index >= 15 is 0 Å². The number of unbranched alkanes of at least 4 members (excludes halogenated alkanes) is 1. The molecule has 1 saturated heterocycles. The first-order valence-corrected chi connectivity index (χ1v) is 9.96. The van der Waals surface area contributed by atoms with E-state index in [4.69, 9.17) is 0 Å². The number of nitrogens with one attached hydrogen (secondary N) is 1. The molecule has 3 heterocycles. The Morgan fingerprint density at radius 3 is 2.68 bits per heavy atom. The molecule has 25 heavy (non-hydrogen) atoms. The van der Waals surface area contributed by atoms with Gasteiger partial charge in [0.05, 0.1) is 10.3 Å². The fraction of sp³-hybridized carbons (Fsp3) is 0.611. The van der Waals surface area contributed by atoms with E-state index in [1.165, 1.54) is 11.3 Å². The van der Waals surface area contributed by atoms with E-state index in [-0.39, 0.29) is 5.91 Å². The average molecular weight is 362 g/mol. The Hall–Kier alpha value is -1.73. The van der Waals surface area contributed by atoms with Crippen LogP contribution in [0, 0.1) is 6.92 Å². The minimum absolute atomic E-state index is 0.00991. The molecule has 3 rings (SSSR count). The van der Waals surface area contributed by atoms with E-state index < -0.39 is 0 Å². The first kappa shape index (κ1) is 18.1. The Balaban J connectivity index is 1.87. The van der Waals surface area contributed by atoms with E-state index in [2.05, 4.69) is 38.9 Å². The van der Waals surface area contributed by atoms with E-state index in [1.807, 2.05) is 6.92 Å². The zero-order valence-corrected chi connectivity index (χ0v) is 16.2. The molecule has 6 nitrogen and oxygen atoms in total. The maximum absolute atomic E-state index is 12.5. The van der Waals surface area contributed by atoms with Crippen LogP contribution in [0.4, 0.5) is 5.82 Å². The van der Waals surface area contributed by atoms with Crippen molar-refractivity contribution in [3.05, 3.63) is 16.8 Å². The summed E-state index contributed by atoms with van der Waals surface area (Å²) in [6.45, 7) is 12.2. The average Bonchev–Trinajstić information content (AvgIpc) is 2.99. The van der Waals surface area contributed by atoms with Crippen molar-refractivity contribution in [1.29, 1.82) is 0 Å². The number of amides is 1. The summed E-state index contributed by atoms with van der Waals surface area (Å²) < 4.78 is 0. The molecule has 1 aliphatic heterocycles. The third kappa shape index (κ3) is 3.77. The normalized spacial score (nSPS) is 15.7. The van der Waals surface area contributed by atoms with Crippen molar-refractivity contribution in [3.63, 3.8) is 0 Å². The van der Waals surface area contributed by atoms with Gasteiger partial charge in [0.15, 0.2) is 0 Å². The number of rotatable bonds is 6. The summed E-state index contributed by atoms with van der Waals surface area (Å²) >= 11 is 1.47. The first-order chi connectivity index (χ1) is 12.2. The number of carbonyl (C=O) groups excluding carboxylic acids is 1. The number of carbonyl (C=O) groups is 1. The van der Waals surface area contributed by atoms with Crippen LogP contribution in [0.2, 0.25) is 0 Å². The Morgan fingerprint density at radius 1 is 1.24 bits per heavy atom. The van der Waals surface area contributed by atoms with Gasteiger partial charge >= 0.3 is 0 Å². The Labute approximate surface area is 153 Å². The van der Waals surface area contributed by atoms with Gasteiger partial charge in [0.1, 0.15) is 17.0 Å². The zero-order valence-electron chi connectivity index (χ0n) is 15.3. The molecule has 0 aromatic carbocycles. The van der Waals surface area contributed by atoms with Gasteiger partial charge in [-0.2, -0.15) is 0 Å². The molecule has 1 aliphatic rings. The molecule has 0 spiro atoms. The quantitative estimate of drug-likeness (QED) is 0.802. The first-order valence-electron chi connectivity index (χ1n) is 9.15. The monoisotopic (exact) mass is 361 g/mol. The molecule has 2 aromatic heterocycles. The molecule has 2 aromatic rings. The highest BCUT2D eigenvalue weighted by atomic mass is 32.1. The van der Waals surface area contributed by atoms with Crippen LogP contribution in [0.25, 0.3) is 10.2 Å². The summed E-state index contributed by atoms with van der Waals surface area (Å²) in [5.74, 6) is 0.984. The standard InChI is InChI=1S/C18H27N5OS/c1-4-6-7-19-17(24)15-13(3)14-16(20-12-21-18(14)25-15)23-10-8-22(5-2)9-11-23/h12H,4-11H2,1-3H3,(H,19,24). The van der Waals surface area contributed by atoms with Gasteiger partial charge in [0.25, 0.3) is 5.91 Å². The largest absolute Gasteiger partial charge is 0.353 e. The SMILES string of the molecule is CCCCNC(=O)c1sc2ncnc(N3CCN(CC)CC3)c2c1C. The molecule has 136 valence electrons. The number of thiophene rings is 1. The minimum atomic E-state index is 0.00991. The lowest BCUT2D eigenvalue weighted by Gasteiger charge is -2.35. The Bertz CT molecular complexity index is 736. The van der Waals surface area contributed by atoms with Crippen molar-refractivity contribution in [1.82, 2.24) is 20.2 Å². The molecule has 1 N–H and O–H groups in total. The van der Waals surface area contributed by atoms with Crippen molar-refractivity contribution in [2.45, 2.75) is 33.6 Å². The number of piperazine rings is 1. The van der Waals surface area contributed by atoms with Crippen molar-refractivity contribution in [2.24, 2.45) is 0 Å². The molecular formula is C18H27N5OS. The number of likely N-dealkylation sites (N-methyl/N-ethyl adjacent to an activating group) is 1. The van der Waals surface area contributed by atoms with Crippen molar-refractivity contribution in [3.8, 4) is 0 Å². The smallest absolute Gasteiger partial charge is 0.261 e. The Morgan fingerprint density at radius 2 is 2.00 bits per heavy atom. The summed E-state index contributed by atoms with van der Waals surface area (Å²) in [4.78, 5) is 27.9. The van der Waals surface area contributed by atoms with Crippen LogP contribution in [0.15, 0.2) is 6.33 Å². The lowest BCUT2D eigenvalue weighted by atomic mass is 10.1. The lowest BCUT2D eigenvalue weighted by molar-refractivity contribution is 0.0957. The maximum Gasteiger partial charge on any atom is 0.261 e. The molecular weight excluding hydrogens is 334 g/mol. The topological polar surface area (TPSA) is 61.4 Å². The Kier molecular flexibility index (Phi) is 5.86. The third-order valence-electron chi connectivity index (χ3n) is 4.85. The number of fused-ring (bicyclic) bond motifs is 1. The van der Waals surface area contributed by atoms with E-state index in [9.17, 15) is 4.79 Å². The number of hydrogen-bond acceptors (Lipinski definition) is 6. The highest BCUT2D eigenvalue weighted by molar-refractivity contribution is 7.20. The van der Waals surface area contributed by atoms with Gasteiger partial charge in [-0.05, 0) is 25.5 Å². The van der Waals surface area contributed by atoms with Gasteiger partial charge < -0.3 is 15.1 Å². The van der Waals surface area contributed by atoms with Gasteiger partial charge in [-0.15, -0.1) is 11.3 Å². The van der Waals surface area contributed by atoms with Crippen LogP contribution in [-0.4, -0.2) is 60.0 Å². The number of anilines is 1. The molecule has 1 amide bonds. The van der Waals surface area contributed by atoms with Crippen LogP contribution in [0.3, 0.4) is 0 Å². The predicted octanol–water partition coefficient (Wildman–Crippen LogP) is 2.67. The number of aryl methyl sites for hydroxylation is 1. The van der Waals surface area contributed by atoms with Crippen LogP contribution >= 0.6 is 11.3 Å². The fourth-order valence-corrected chi connectivity index (χ4v) is 4.30. The second-order valence-electron chi connectivity index (χ2n) is 6.46. The number of nitrogens with zero attached hydrogens (tertiary/aromatic N) is 4. The molecule has 7 heteroatoms. The summed E-state index contributed by atoms with van der Waals surface area (Å²) in [7, 11) is 0. The highest BCUT2D eigenvalue weighted by Gasteiger charge is 2.23. The second-order valence-corrected chi connectivity index (χ2v) is 7.46. The molecule has 0 radical (unpaired) electrons. The van der Waals surface area contributed by atoms with Crippen LogP contribution in [0.5, 0.6) is 0 Å². The van der Waals surface area contributed by atoms with Crippen molar-refractivity contribution >= 4 is 33.3 Å². The lowest BCUT2D eigenvalue weighted by Crippen LogP contribution is -2.46. The summed E-state index contributed by atoms with van der Waals surface area (Å²) in [5.41, 5.74) is 1.00. The predicted molar refractivity (Wildman–Crippen MR) is 104 cm³/mol.